The van der Waals surface area contributed by atoms with Gasteiger partial charge in [0.05, 0.1) is 6.04 Å². The lowest BCUT2D eigenvalue weighted by Gasteiger charge is -2.18. The molecule has 0 saturated heterocycles. The molecule has 1 aromatic heterocycles. The summed E-state index contributed by atoms with van der Waals surface area (Å²) in [5.41, 5.74) is 6.16. The average Bonchev–Trinajstić information content (AvgIpc) is 2.86. The van der Waals surface area contributed by atoms with Gasteiger partial charge in [0.25, 0.3) is 0 Å². The van der Waals surface area contributed by atoms with Crippen LogP contribution in [-0.2, 0) is 0 Å². The van der Waals surface area contributed by atoms with E-state index in [1.165, 1.54) is 25.7 Å². The first-order valence-corrected chi connectivity index (χ1v) is 6.41. The van der Waals surface area contributed by atoms with Crippen LogP contribution >= 0.6 is 0 Å². The first-order chi connectivity index (χ1) is 7.74. The van der Waals surface area contributed by atoms with Crippen molar-refractivity contribution < 1.29 is 0 Å². The highest BCUT2D eigenvalue weighted by Gasteiger charge is 2.24. The number of aryl methyl sites for hydroxylation is 1. The smallest absolute Gasteiger partial charge is 0.150 e. The summed E-state index contributed by atoms with van der Waals surface area (Å²) in [6.07, 6.45) is 7.24. The summed E-state index contributed by atoms with van der Waals surface area (Å²) in [5.74, 6) is 2.01. The van der Waals surface area contributed by atoms with Gasteiger partial charge in [-0.3, -0.25) is 0 Å². The van der Waals surface area contributed by atoms with E-state index in [1.54, 1.807) is 0 Å². The van der Waals surface area contributed by atoms with Gasteiger partial charge in [-0.1, -0.05) is 26.2 Å². The molecule has 1 atom stereocenters. The second-order valence-electron chi connectivity index (χ2n) is 4.81. The molecule has 1 aliphatic carbocycles. The van der Waals surface area contributed by atoms with Crippen molar-refractivity contribution in [1.82, 2.24) is 14.8 Å². The minimum absolute atomic E-state index is 0.0480. The Morgan fingerprint density at radius 2 is 2.06 bits per heavy atom. The largest absolute Gasteiger partial charge is 0.321 e. The van der Waals surface area contributed by atoms with Crippen molar-refractivity contribution in [2.45, 2.75) is 64.5 Å². The molecular weight excluding hydrogens is 200 g/mol. The van der Waals surface area contributed by atoms with E-state index in [-0.39, 0.29) is 6.04 Å². The van der Waals surface area contributed by atoms with Gasteiger partial charge in [-0.25, -0.2) is 0 Å². The molecule has 1 heterocycles. The summed E-state index contributed by atoms with van der Waals surface area (Å²) >= 11 is 0. The van der Waals surface area contributed by atoms with Crippen LogP contribution in [0.3, 0.4) is 0 Å². The van der Waals surface area contributed by atoms with Gasteiger partial charge < -0.3 is 10.3 Å². The SMILES string of the molecule is CCC[C@@H](N)c1nnc(C)n1C1CCCC1. The average molecular weight is 222 g/mol. The molecule has 0 radical (unpaired) electrons. The van der Waals surface area contributed by atoms with Crippen molar-refractivity contribution in [2.24, 2.45) is 5.73 Å². The van der Waals surface area contributed by atoms with E-state index in [1.807, 2.05) is 6.92 Å². The Balaban J connectivity index is 2.24. The van der Waals surface area contributed by atoms with E-state index in [0.717, 1.165) is 24.5 Å². The minimum atomic E-state index is 0.0480. The van der Waals surface area contributed by atoms with Crippen molar-refractivity contribution in [3.05, 3.63) is 11.6 Å². The van der Waals surface area contributed by atoms with E-state index < -0.39 is 0 Å². The fourth-order valence-corrected chi connectivity index (χ4v) is 2.69. The lowest BCUT2D eigenvalue weighted by molar-refractivity contribution is 0.458. The van der Waals surface area contributed by atoms with E-state index in [9.17, 15) is 0 Å². The van der Waals surface area contributed by atoms with Crippen LogP contribution in [0.25, 0.3) is 0 Å². The molecule has 0 bridgehead atoms. The van der Waals surface area contributed by atoms with Gasteiger partial charge in [-0.05, 0) is 26.2 Å². The predicted octanol–water partition coefficient (Wildman–Crippen LogP) is 2.50. The van der Waals surface area contributed by atoms with Crippen molar-refractivity contribution in [1.29, 1.82) is 0 Å². The number of hydrogen-bond acceptors (Lipinski definition) is 3. The molecule has 1 fully saturated rings. The van der Waals surface area contributed by atoms with Crippen molar-refractivity contribution in [3.63, 3.8) is 0 Å². The van der Waals surface area contributed by atoms with Crippen molar-refractivity contribution in [3.8, 4) is 0 Å². The first-order valence-electron chi connectivity index (χ1n) is 6.41. The van der Waals surface area contributed by atoms with Crippen LogP contribution in [0.5, 0.6) is 0 Å². The maximum absolute atomic E-state index is 6.16. The summed E-state index contributed by atoms with van der Waals surface area (Å²) < 4.78 is 2.29. The van der Waals surface area contributed by atoms with Crippen LogP contribution in [-0.4, -0.2) is 14.8 Å². The Bertz CT molecular complexity index is 339. The molecule has 0 unspecified atom stereocenters. The first kappa shape index (κ1) is 11.6. The molecule has 2 N–H and O–H groups in total. The Labute approximate surface area is 97.2 Å². The molecule has 0 amide bonds. The maximum Gasteiger partial charge on any atom is 0.150 e. The highest BCUT2D eigenvalue weighted by Crippen LogP contribution is 2.32. The highest BCUT2D eigenvalue weighted by molar-refractivity contribution is 5.02. The van der Waals surface area contributed by atoms with Crippen LogP contribution in [0.4, 0.5) is 0 Å². The third kappa shape index (κ3) is 2.12. The van der Waals surface area contributed by atoms with Gasteiger partial charge in [0.1, 0.15) is 11.6 Å². The van der Waals surface area contributed by atoms with Crippen LogP contribution in [0.1, 0.15) is 69.2 Å². The van der Waals surface area contributed by atoms with Gasteiger partial charge in [-0.2, -0.15) is 0 Å². The zero-order chi connectivity index (χ0) is 11.5. The van der Waals surface area contributed by atoms with Crippen LogP contribution in [0.15, 0.2) is 0 Å². The Morgan fingerprint density at radius 3 is 2.69 bits per heavy atom. The summed E-state index contributed by atoms with van der Waals surface area (Å²) in [6.45, 7) is 4.19. The monoisotopic (exact) mass is 222 g/mol. The van der Waals surface area contributed by atoms with Crippen molar-refractivity contribution in [2.75, 3.05) is 0 Å². The molecule has 2 rings (SSSR count). The zero-order valence-corrected chi connectivity index (χ0v) is 10.3. The minimum Gasteiger partial charge on any atom is -0.321 e. The van der Waals surface area contributed by atoms with Gasteiger partial charge in [0.15, 0.2) is 0 Å². The predicted molar refractivity (Wildman–Crippen MR) is 64.1 cm³/mol. The highest BCUT2D eigenvalue weighted by atomic mass is 15.3. The number of rotatable bonds is 4. The lowest BCUT2D eigenvalue weighted by atomic mass is 10.1. The third-order valence-corrected chi connectivity index (χ3v) is 3.51. The van der Waals surface area contributed by atoms with E-state index in [0.29, 0.717) is 6.04 Å². The van der Waals surface area contributed by atoms with Gasteiger partial charge in [-0.15, -0.1) is 10.2 Å². The fraction of sp³-hybridized carbons (Fsp3) is 0.833. The fourth-order valence-electron chi connectivity index (χ4n) is 2.69. The molecule has 90 valence electrons. The normalized spacial score (nSPS) is 19.2. The molecular formula is C12H22N4. The molecule has 1 saturated carbocycles. The van der Waals surface area contributed by atoms with E-state index >= 15 is 0 Å². The van der Waals surface area contributed by atoms with Crippen LogP contribution < -0.4 is 5.73 Å². The van der Waals surface area contributed by atoms with Crippen molar-refractivity contribution >= 4 is 0 Å². The molecule has 0 aliphatic heterocycles. The molecule has 0 aromatic carbocycles. The molecule has 4 nitrogen and oxygen atoms in total. The standard InChI is InChI=1S/C12H22N4/c1-3-6-11(13)12-15-14-9(2)16(12)10-7-4-5-8-10/h10-11H,3-8,13H2,1-2H3/t11-/m1/s1. The van der Waals surface area contributed by atoms with Gasteiger partial charge >= 0.3 is 0 Å². The summed E-state index contributed by atoms with van der Waals surface area (Å²) in [7, 11) is 0. The summed E-state index contributed by atoms with van der Waals surface area (Å²) in [4.78, 5) is 0. The lowest BCUT2D eigenvalue weighted by Crippen LogP contribution is -2.19. The Hall–Kier alpha value is -0.900. The third-order valence-electron chi connectivity index (χ3n) is 3.51. The summed E-state index contributed by atoms with van der Waals surface area (Å²) in [6, 6.07) is 0.639. The second kappa shape index (κ2) is 4.95. The topological polar surface area (TPSA) is 56.7 Å². The second-order valence-corrected chi connectivity index (χ2v) is 4.81. The van der Waals surface area contributed by atoms with Crippen LogP contribution in [0, 0.1) is 6.92 Å². The maximum atomic E-state index is 6.16. The number of aromatic nitrogens is 3. The molecule has 16 heavy (non-hydrogen) atoms. The number of nitrogens with zero attached hydrogens (tertiary/aromatic N) is 3. The quantitative estimate of drug-likeness (QED) is 0.851. The molecule has 1 aliphatic rings. The number of nitrogens with two attached hydrogens (primary N) is 1. The van der Waals surface area contributed by atoms with E-state index in [2.05, 4.69) is 21.7 Å². The molecule has 0 spiro atoms. The Morgan fingerprint density at radius 1 is 1.38 bits per heavy atom. The Kier molecular flexibility index (Phi) is 3.59. The molecule has 4 heteroatoms. The zero-order valence-electron chi connectivity index (χ0n) is 10.3. The van der Waals surface area contributed by atoms with Gasteiger partial charge in [0, 0.05) is 6.04 Å². The number of hydrogen-bond donors (Lipinski definition) is 1. The van der Waals surface area contributed by atoms with E-state index in [4.69, 9.17) is 5.73 Å². The summed E-state index contributed by atoms with van der Waals surface area (Å²) in [5, 5.41) is 8.46. The van der Waals surface area contributed by atoms with Crippen LogP contribution in [0.2, 0.25) is 0 Å². The molecule has 1 aromatic rings. The van der Waals surface area contributed by atoms with Gasteiger partial charge in [0.2, 0.25) is 0 Å².